The Morgan fingerprint density at radius 1 is 0.741 bits per heavy atom. The van der Waals surface area contributed by atoms with Gasteiger partial charge < -0.3 is 10.2 Å². The number of carbonyl (C=O) groups excluding carboxylic acids is 1. The summed E-state index contributed by atoms with van der Waals surface area (Å²) in [6, 6.07) is 20.7. The van der Waals surface area contributed by atoms with E-state index in [1.807, 2.05) is 0 Å². The highest BCUT2D eigenvalue weighted by Gasteiger charge is 2.10. The van der Waals surface area contributed by atoms with Gasteiger partial charge in [0.1, 0.15) is 0 Å². The van der Waals surface area contributed by atoms with E-state index in [2.05, 4.69) is 71.7 Å². The number of fused-ring (bicyclic) bond motifs is 1. The minimum absolute atomic E-state index is 0.0111. The van der Waals surface area contributed by atoms with Crippen LogP contribution in [0.2, 0.25) is 0 Å². The first-order chi connectivity index (χ1) is 12.7. The Kier molecular flexibility index (Phi) is 8.99. The van der Waals surface area contributed by atoms with Crippen LogP contribution in [0, 0.1) is 6.92 Å². The molecule has 0 aliphatic rings. The zero-order valence-corrected chi connectivity index (χ0v) is 15.7. The molecule has 7 heteroatoms. The molecule has 3 rings (SSSR count). The average molecular weight is 407 g/mol. The summed E-state index contributed by atoms with van der Waals surface area (Å²) in [6.07, 6.45) is 0. The van der Waals surface area contributed by atoms with E-state index >= 15 is 0 Å². The zero-order valence-electron chi connectivity index (χ0n) is 14.2. The van der Waals surface area contributed by atoms with Gasteiger partial charge in [-0.3, -0.25) is 4.79 Å². The molecule has 0 bridgehead atoms. The Bertz CT molecular complexity index is 885. The molecule has 0 saturated carbocycles. The number of aromatic carboxylic acids is 2. The molecule has 2 N–H and O–H groups in total. The molecule has 0 radical (unpaired) electrons. The number of carboxylic acid groups (broad SMARTS) is 2. The van der Waals surface area contributed by atoms with Gasteiger partial charge in [-0.05, 0) is 58.6 Å². The molecule has 0 aliphatic carbocycles. The van der Waals surface area contributed by atoms with E-state index in [4.69, 9.17) is 15.0 Å². The Hall–Kier alpha value is -2.89. The second kappa shape index (κ2) is 11.0. The fraction of sp³-hybridized carbons (Fsp3) is 0.0500. The van der Waals surface area contributed by atoms with Crippen LogP contribution in [0.4, 0.5) is 4.79 Å². The zero-order chi connectivity index (χ0) is 20.4. The number of halogens is 2. The van der Waals surface area contributed by atoms with Gasteiger partial charge in [-0.25, -0.2) is 9.59 Å². The maximum Gasteiger partial charge on any atom is 0.335 e. The normalized spacial score (nSPS) is 9.30. The van der Waals surface area contributed by atoms with Crippen LogP contribution < -0.4 is 0 Å². The third-order valence-electron chi connectivity index (χ3n) is 3.37. The van der Waals surface area contributed by atoms with Crippen LogP contribution in [0.3, 0.4) is 0 Å². The SMILES string of the molecule is Cc1ccc(C(=O)O)cc1C(=O)O.O=C(Cl)Cl.c1ccc2ccccc2c1. The second-order valence-electron chi connectivity index (χ2n) is 5.21. The summed E-state index contributed by atoms with van der Waals surface area (Å²) in [4.78, 5) is 30.1. The smallest absolute Gasteiger partial charge is 0.335 e. The first-order valence-corrected chi connectivity index (χ1v) is 8.34. The molecule has 0 spiro atoms. The molecule has 0 aliphatic heterocycles. The Balaban J connectivity index is 0.000000230. The lowest BCUT2D eigenvalue weighted by Gasteiger charge is -2.01. The van der Waals surface area contributed by atoms with Gasteiger partial charge in [0, 0.05) is 0 Å². The molecule has 0 amide bonds. The number of aryl methyl sites for hydroxylation is 1. The van der Waals surface area contributed by atoms with Crippen LogP contribution in [0.25, 0.3) is 10.8 Å². The van der Waals surface area contributed by atoms with Crippen molar-refractivity contribution in [2.75, 3.05) is 0 Å². The van der Waals surface area contributed by atoms with E-state index in [-0.39, 0.29) is 11.1 Å². The summed E-state index contributed by atoms with van der Waals surface area (Å²) in [5.74, 6) is -2.23. The van der Waals surface area contributed by atoms with Crippen molar-refractivity contribution in [3.8, 4) is 0 Å². The summed E-state index contributed by atoms with van der Waals surface area (Å²) in [5, 5.41) is 19.9. The van der Waals surface area contributed by atoms with Crippen molar-refractivity contribution < 1.29 is 24.6 Å². The summed E-state index contributed by atoms with van der Waals surface area (Å²) < 4.78 is -0.889. The fourth-order valence-electron chi connectivity index (χ4n) is 2.12. The van der Waals surface area contributed by atoms with Crippen molar-refractivity contribution in [3.05, 3.63) is 83.4 Å². The quantitative estimate of drug-likeness (QED) is 0.523. The minimum atomic E-state index is -1.12. The van der Waals surface area contributed by atoms with Crippen LogP contribution in [0.5, 0.6) is 0 Å². The maximum atomic E-state index is 10.6. The number of hydrogen-bond acceptors (Lipinski definition) is 3. The van der Waals surface area contributed by atoms with Gasteiger partial charge in [0.25, 0.3) is 0 Å². The summed E-state index contributed by atoms with van der Waals surface area (Å²) in [5.41, 5.74) is 0.570. The standard InChI is InChI=1S/C10H8.C9H8O4.CCl2O/c1-2-6-10-8-4-3-7-9(10)5-1;1-5-2-3-6(8(10)11)4-7(5)9(12)13;2-1(3)4/h1-8H;2-4H,1H3,(H,10,11)(H,12,13);. The number of rotatable bonds is 2. The summed E-state index contributed by atoms with van der Waals surface area (Å²) in [6.45, 7) is 1.62. The predicted octanol–water partition coefficient (Wildman–Crippen LogP) is 5.82. The third kappa shape index (κ3) is 7.90. The lowest BCUT2D eigenvalue weighted by atomic mass is 10.1. The predicted molar refractivity (Wildman–Crippen MR) is 106 cm³/mol. The molecule has 0 aromatic heterocycles. The average Bonchev–Trinajstić information content (AvgIpc) is 2.62. The maximum absolute atomic E-state index is 10.6. The molecule has 140 valence electrons. The number of hydrogen-bond donors (Lipinski definition) is 2. The lowest BCUT2D eigenvalue weighted by molar-refractivity contribution is 0.0695. The van der Waals surface area contributed by atoms with Crippen molar-refractivity contribution in [2.45, 2.75) is 6.92 Å². The Morgan fingerprint density at radius 2 is 1.15 bits per heavy atom. The molecule has 0 fully saturated rings. The van der Waals surface area contributed by atoms with Crippen LogP contribution in [-0.4, -0.2) is 26.9 Å². The highest BCUT2D eigenvalue weighted by molar-refractivity contribution is 6.93. The first kappa shape index (κ1) is 22.2. The fourth-order valence-corrected chi connectivity index (χ4v) is 2.12. The molecule has 0 heterocycles. The van der Waals surface area contributed by atoms with Crippen LogP contribution in [-0.2, 0) is 0 Å². The molecule has 3 aromatic carbocycles. The van der Waals surface area contributed by atoms with Gasteiger partial charge in [-0.2, -0.15) is 0 Å². The Morgan fingerprint density at radius 3 is 1.48 bits per heavy atom. The molecular formula is C20H16Cl2O5. The van der Waals surface area contributed by atoms with Gasteiger partial charge >= 0.3 is 16.6 Å². The van der Waals surface area contributed by atoms with Crippen LogP contribution >= 0.6 is 23.2 Å². The Labute approximate surface area is 165 Å². The second-order valence-corrected chi connectivity index (χ2v) is 6.09. The molecular weight excluding hydrogens is 391 g/mol. The largest absolute Gasteiger partial charge is 0.478 e. The molecule has 3 aromatic rings. The number of benzene rings is 3. The topological polar surface area (TPSA) is 91.7 Å². The van der Waals surface area contributed by atoms with E-state index in [0.717, 1.165) is 6.07 Å². The van der Waals surface area contributed by atoms with E-state index in [0.29, 0.717) is 5.56 Å². The first-order valence-electron chi connectivity index (χ1n) is 7.58. The van der Waals surface area contributed by atoms with Gasteiger partial charge in [-0.1, -0.05) is 54.6 Å². The van der Waals surface area contributed by atoms with Crippen molar-refractivity contribution >= 4 is 50.6 Å². The molecule has 27 heavy (non-hydrogen) atoms. The lowest BCUT2D eigenvalue weighted by Crippen LogP contribution is -2.03. The van der Waals surface area contributed by atoms with Crippen molar-refractivity contribution in [3.63, 3.8) is 0 Å². The van der Waals surface area contributed by atoms with Gasteiger partial charge in [0.2, 0.25) is 0 Å². The summed E-state index contributed by atoms with van der Waals surface area (Å²) in [7, 11) is 0. The molecule has 5 nitrogen and oxygen atoms in total. The highest BCUT2D eigenvalue weighted by Crippen LogP contribution is 2.12. The van der Waals surface area contributed by atoms with E-state index in [1.54, 1.807) is 6.92 Å². The van der Waals surface area contributed by atoms with Gasteiger partial charge in [0.05, 0.1) is 11.1 Å². The molecule has 0 unspecified atom stereocenters. The number of carboxylic acids is 2. The van der Waals surface area contributed by atoms with E-state index < -0.39 is 16.6 Å². The third-order valence-corrected chi connectivity index (χ3v) is 3.37. The van der Waals surface area contributed by atoms with E-state index in [9.17, 15) is 9.59 Å². The summed E-state index contributed by atoms with van der Waals surface area (Å²) >= 11 is 8.80. The van der Waals surface area contributed by atoms with Gasteiger partial charge in [-0.15, -0.1) is 0 Å². The molecule has 0 atom stereocenters. The van der Waals surface area contributed by atoms with Gasteiger partial charge in [0.15, 0.2) is 0 Å². The minimum Gasteiger partial charge on any atom is -0.478 e. The van der Waals surface area contributed by atoms with Crippen LogP contribution in [0.15, 0.2) is 66.7 Å². The van der Waals surface area contributed by atoms with Crippen molar-refractivity contribution in [1.82, 2.24) is 0 Å². The highest BCUT2D eigenvalue weighted by atomic mass is 35.5. The van der Waals surface area contributed by atoms with Crippen molar-refractivity contribution in [1.29, 1.82) is 0 Å². The van der Waals surface area contributed by atoms with Crippen LogP contribution in [0.1, 0.15) is 26.3 Å². The van der Waals surface area contributed by atoms with E-state index in [1.165, 1.54) is 22.9 Å². The van der Waals surface area contributed by atoms with Crippen molar-refractivity contribution in [2.24, 2.45) is 0 Å². The number of carbonyl (C=O) groups is 3. The molecule has 0 saturated heterocycles. The monoisotopic (exact) mass is 406 g/mol.